The van der Waals surface area contributed by atoms with Crippen LogP contribution in [0.5, 0.6) is 5.75 Å². The molecule has 0 radical (unpaired) electrons. The summed E-state index contributed by atoms with van der Waals surface area (Å²) in [5, 5.41) is 23.2. The monoisotopic (exact) mass is 369 g/mol. The van der Waals surface area contributed by atoms with E-state index in [1.807, 2.05) is 10.7 Å². The number of fused-ring (bicyclic) bond motifs is 2. The number of carboxylic acids is 1. The lowest BCUT2D eigenvalue weighted by Gasteiger charge is -2.27. The molecule has 2 N–H and O–H groups in total. The molecule has 3 aromatic rings. The number of hydrogen-bond donors (Lipinski definition) is 2. The second-order valence-electron chi connectivity index (χ2n) is 6.63. The Hall–Kier alpha value is -3.20. The fourth-order valence-corrected chi connectivity index (χ4v) is 3.34. The maximum Gasteiger partial charge on any atom is 0.303 e. The Morgan fingerprint density at radius 3 is 2.89 bits per heavy atom. The molecule has 0 aliphatic carbocycles. The number of aliphatic carboxylic acids is 1. The van der Waals surface area contributed by atoms with Crippen molar-refractivity contribution in [2.45, 2.75) is 32.5 Å². The molecule has 4 heterocycles. The number of rotatable bonds is 5. The molecule has 0 spiro atoms. The number of carboxylic acid groups (broad SMARTS) is 1. The van der Waals surface area contributed by atoms with Crippen LogP contribution < -0.4 is 5.56 Å². The zero-order valence-corrected chi connectivity index (χ0v) is 14.6. The van der Waals surface area contributed by atoms with E-state index in [-0.39, 0.29) is 23.4 Å². The summed E-state index contributed by atoms with van der Waals surface area (Å²) < 4.78 is 3.22. The average molecular weight is 369 g/mol. The highest BCUT2D eigenvalue weighted by molar-refractivity contribution is 5.66. The fraction of sp³-hybridized carbons (Fsp3) is 0.333. The molecule has 0 aromatic carbocycles. The van der Waals surface area contributed by atoms with Crippen LogP contribution in [0.15, 0.2) is 35.3 Å². The molecule has 3 aromatic heterocycles. The highest BCUT2D eigenvalue weighted by Crippen LogP contribution is 2.18. The van der Waals surface area contributed by atoms with Gasteiger partial charge in [-0.25, -0.2) is 4.98 Å². The van der Waals surface area contributed by atoms with E-state index in [2.05, 4.69) is 15.0 Å². The van der Waals surface area contributed by atoms with E-state index in [1.54, 1.807) is 12.3 Å². The van der Waals surface area contributed by atoms with Crippen molar-refractivity contribution in [1.29, 1.82) is 0 Å². The van der Waals surface area contributed by atoms with Gasteiger partial charge >= 0.3 is 5.97 Å². The summed E-state index contributed by atoms with van der Waals surface area (Å²) in [4.78, 5) is 29.5. The van der Waals surface area contributed by atoms with Crippen molar-refractivity contribution in [2.24, 2.45) is 0 Å². The first-order chi connectivity index (χ1) is 13.0. The van der Waals surface area contributed by atoms with Crippen molar-refractivity contribution in [3.8, 4) is 5.75 Å². The summed E-state index contributed by atoms with van der Waals surface area (Å²) in [6.45, 7) is 2.56. The molecular weight excluding hydrogens is 350 g/mol. The lowest BCUT2D eigenvalue weighted by Crippen LogP contribution is -2.34. The lowest BCUT2D eigenvalue weighted by molar-refractivity contribution is -0.136. The second-order valence-corrected chi connectivity index (χ2v) is 6.63. The Labute approximate surface area is 154 Å². The van der Waals surface area contributed by atoms with Gasteiger partial charge in [-0.15, -0.1) is 0 Å². The summed E-state index contributed by atoms with van der Waals surface area (Å²) in [7, 11) is 0. The van der Waals surface area contributed by atoms with E-state index in [1.165, 1.54) is 16.5 Å². The smallest absolute Gasteiger partial charge is 0.303 e. The van der Waals surface area contributed by atoms with E-state index in [0.717, 1.165) is 17.9 Å². The number of hydrogen-bond acceptors (Lipinski definition) is 6. The van der Waals surface area contributed by atoms with Crippen LogP contribution in [0.25, 0.3) is 5.65 Å². The van der Waals surface area contributed by atoms with Crippen molar-refractivity contribution in [3.05, 3.63) is 57.9 Å². The van der Waals surface area contributed by atoms with E-state index >= 15 is 0 Å². The molecule has 9 nitrogen and oxygen atoms in total. The third kappa shape index (κ3) is 3.54. The number of aromatic nitrogens is 4. The first-order valence-corrected chi connectivity index (χ1v) is 8.69. The van der Waals surface area contributed by atoms with Crippen LogP contribution in [-0.2, 0) is 30.8 Å². The van der Waals surface area contributed by atoms with Gasteiger partial charge in [0.15, 0.2) is 11.4 Å². The number of pyridine rings is 1. The third-order valence-corrected chi connectivity index (χ3v) is 4.63. The predicted molar refractivity (Wildman–Crippen MR) is 95.4 cm³/mol. The summed E-state index contributed by atoms with van der Waals surface area (Å²) >= 11 is 0. The maximum absolute atomic E-state index is 12.3. The van der Waals surface area contributed by atoms with E-state index in [0.29, 0.717) is 31.7 Å². The third-order valence-electron chi connectivity index (χ3n) is 4.63. The SMILES string of the molecule is O=C(O)CCc1cc2n(n1)CCN(Cc1cc(=O)n3cccc(O)c3n1)C2. The molecule has 0 atom stereocenters. The first-order valence-electron chi connectivity index (χ1n) is 8.69. The van der Waals surface area contributed by atoms with Crippen LogP contribution in [0.2, 0.25) is 0 Å². The van der Waals surface area contributed by atoms with Gasteiger partial charge in [0.05, 0.1) is 30.0 Å². The molecule has 0 saturated heterocycles. The normalized spacial score (nSPS) is 14.4. The minimum atomic E-state index is -0.834. The van der Waals surface area contributed by atoms with Gasteiger partial charge in [-0.2, -0.15) is 5.10 Å². The molecule has 4 rings (SSSR count). The molecule has 1 aliphatic heterocycles. The number of carbonyl (C=O) groups is 1. The van der Waals surface area contributed by atoms with Crippen molar-refractivity contribution in [2.75, 3.05) is 6.54 Å². The van der Waals surface area contributed by atoms with Gasteiger partial charge in [0, 0.05) is 38.3 Å². The molecule has 0 bridgehead atoms. The Morgan fingerprint density at radius 2 is 2.07 bits per heavy atom. The lowest BCUT2D eigenvalue weighted by atomic mass is 10.2. The quantitative estimate of drug-likeness (QED) is 0.678. The summed E-state index contributed by atoms with van der Waals surface area (Å²) in [6, 6.07) is 6.52. The van der Waals surface area contributed by atoms with Crippen LogP contribution in [0.4, 0.5) is 0 Å². The van der Waals surface area contributed by atoms with Gasteiger partial charge < -0.3 is 10.2 Å². The van der Waals surface area contributed by atoms with E-state index in [4.69, 9.17) is 5.11 Å². The van der Waals surface area contributed by atoms with E-state index in [9.17, 15) is 14.7 Å². The number of nitrogens with zero attached hydrogens (tertiary/aromatic N) is 5. The Kier molecular flexibility index (Phi) is 4.36. The minimum Gasteiger partial charge on any atom is -0.504 e. The highest BCUT2D eigenvalue weighted by Gasteiger charge is 2.20. The topological polar surface area (TPSA) is 113 Å². The molecular formula is C18H19N5O4. The van der Waals surface area contributed by atoms with Gasteiger partial charge in [-0.05, 0) is 18.2 Å². The Morgan fingerprint density at radius 1 is 1.22 bits per heavy atom. The summed E-state index contributed by atoms with van der Waals surface area (Å²) in [5.41, 5.74) is 2.41. The summed E-state index contributed by atoms with van der Waals surface area (Å²) in [5.74, 6) is -0.865. The molecule has 0 unspecified atom stereocenters. The van der Waals surface area contributed by atoms with Crippen LogP contribution in [0.1, 0.15) is 23.5 Å². The summed E-state index contributed by atoms with van der Waals surface area (Å²) in [6.07, 6.45) is 2.05. The Bertz CT molecular complexity index is 1070. The largest absolute Gasteiger partial charge is 0.504 e. The molecule has 140 valence electrons. The molecule has 27 heavy (non-hydrogen) atoms. The molecule has 9 heteroatoms. The van der Waals surface area contributed by atoms with Gasteiger partial charge in [-0.3, -0.25) is 23.6 Å². The molecule has 1 aliphatic rings. The number of aryl methyl sites for hydroxylation is 1. The number of aromatic hydroxyl groups is 1. The second kappa shape index (κ2) is 6.84. The first kappa shape index (κ1) is 17.2. The zero-order valence-electron chi connectivity index (χ0n) is 14.6. The van der Waals surface area contributed by atoms with Crippen LogP contribution in [0.3, 0.4) is 0 Å². The standard InChI is InChI=1S/C18H19N5O4/c24-15-2-1-5-22-16(25)9-13(19-18(15)22)10-21-6-7-23-14(11-21)8-12(20-23)3-4-17(26)27/h1-2,5,8-9,24H,3-4,6-7,10-11H2,(H,26,27). The van der Waals surface area contributed by atoms with Crippen molar-refractivity contribution < 1.29 is 15.0 Å². The highest BCUT2D eigenvalue weighted by atomic mass is 16.4. The van der Waals surface area contributed by atoms with Crippen molar-refractivity contribution >= 4 is 11.6 Å². The van der Waals surface area contributed by atoms with Gasteiger partial charge in [-0.1, -0.05) is 0 Å². The van der Waals surface area contributed by atoms with Crippen LogP contribution >= 0.6 is 0 Å². The maximum atomic E-state index is 12.3. The Balaban J connectivity index is 1.52. The van der Waals surface area contributed by atoms with E-state index < -0.39 is 5.97 Å². The predicted octanol–water partition coefficient (Wildman–Crippen LogP) is 0.630. The van der Waals surface area contributed by atoms with Crippen LogP contribution in [-0.4, -0.2) is 46.8 Å². The van der Waals surface area contributed by atoms with Crippen molar-refractivity contribution in [3.63, 3.8) is 0 Å². The fourth-order valence-electron chi connectivity index (χ4n) is 3.34. The molecule has 0 amide bonds. The van der Waals surface area contributed by atoms with Gasteiger partial charge in [0.25, 0.3) is 5.56 Å². The molecule has 0 saturated carbocycles. The van der Waals surface area contributed by atoms with Gasteiger partial charge in [0.2, 0.25) is 0 Å². The van der Waals surface area contributed by atoms with Crippen molar-refractivity contribution in [1.82, 2.24) is 24.1 Å². The van der Waals surface area contributed by atoms with Gasteiger partial charge in [0.1, 0.15) is 0 Å². The minimum absolute atomic E-state index is 0.0313. The zero-order chi connectivity index (χ0) is 19.0. The average Bonchev–Trinajstić information content (AvgIpc) is 3.03. The molecule has 0 fully saturated rings. The van der Waals surface area contributed by atoms with Crippen LogP contribution in [0, 0.1) is 0 Å².